The number of amides is 1. The first-order valence-corrected chi connectivity index (χ1v) is 9.14. The van der Waals surface area contributed by atoms with Gasteiger partial charge in [0.2, 0.25) is 5.91 Å². The predicted octanol–water partition coefficient (Wildman–Crippen LogP) is 3.04. The Morgan fingerprint density at radius 2 is 1.86 bits per heavy atom. The monoisotopic (exact) mass is 401 g/mol. The van der Waals surface area contributed by atoms with E-state index in [-0.39, 0.29) is 6.54 Å². The molecule has 3 aromatic rings. The number of anilines is 1. The van der Waals surface area contributed by atoms with Crippen LogP contribution >= 0.6 is 11.6 Å². The number of nitrogens with one attached hydrogen (secondary N) is 1. The second-order valence-corrected chi connectivity index (χ2v) is 6.69. The highest BCUT2D eigenvalue weighted by Crippen LogP contribution is 2.20. The molecule has 1 N–H and O–H groups in total. The molecule has 3 rings (SSSR count). The number of rotatable bonds is 5. The van der Waals surface area contributed by atoms with Gasteiger partial charge < -0.3 is 10.1 Å². The van der Waals surface area contributed by atoms with Gasteiger partial charge in [0, 0.05) is 17.3 Å². The highest BCUT2D eigenvalue weighted by Gasteiger charge is 2.22. The molecule has 0 fully saturated rings. The van der Waals surface area contributed by atoms with Crippen molar-refractivity contribution < 1.29 is 9.53 Å². The summed E-state index contributed by atoms with van der Waals surface area (Å²) in [7, 11) is 1.56. The Morgan fingerprint density at radius 3 is 2.46 bits per heavy atom. The predicted molar refractivity (Wildman–Crippen MR) is 109 cm³/mol. The van der Waals surface area contributed by atoms with Crippen LogP contribution in [0, 0.1) is 0 Å². The van der Waals surface area contributed by atoms with Crippen LogP contribution in [0.4, 0.5) is 5.69 Å². The molecule has 0 saturated carbocycles. The van der Waals surface area contributed by atoms with E-state index < -0.39 is 23.2 Å². The van der Waals surface area contributed by atoms with Gasteiger partial charge in [-0.1, -0.05) is 11.6 Å². The average Bonchev–Trinajstić information content (AvgIpc) is 2.68. The maximum absolute atomic E-state index is 12.9. The zero-order valence-corrected chi connectivity index (χ0v) is 16.5. The Bertz CT molecular complexity index is 1150. The summed E-state index contributed by atoms with van der Waals surface area (Å²) in [4.78, 5) is 38.3. The van der Waals surface area contributed by atoms with E-state index in [0.29, 0.717) is 27.4 Å². The molecule has 7 nitrogen and oxygen atoms in total. The molecule has 0 radical (unpaired) electrons. The maximum atomic E-state index is 12.9. The number of carbonyl (C=O) groups is 1. The van der Waals surface area contributed by atoms with Crippen molar-refractivity contribution in [2.24, 2.45) is 0 Å². The summed E-state index contributed by atoms with van der Waals surface area (Å²) in [5, 5.41) is 3.48. The third kappa shape index (κ3) is 3.53. The topological polar surface area (TPSA) is 82.3 Å². The van der Waals surface area contributed by atoms with E-state index in [0.717, 1.165) is 4.57 Å². The average molecular weight is 402 g/mol. The fourth-order valence-electron chi connectivity index (χ4n) is 3.04. The van der Waals surface area contributed by atoms with Gasteiger partial charge in [-0.05, 0) is 56.3 Å². The summed E-state index contributed by atoms with van der Waals surface area (Å²) >= 11 is 6.07. The van der Waals surface area contributed by atoms with Crippen molar-refractivity contribution in [1.29, 1.82) is 0 Å². The minimum absolute atomic E-state index is 0.197. The van der Waals surface area contributed by atoms with Gasteiger partial charge in [0.15, 0.2) is 0 Å². The standard InChI is InChI=1S/C20H20ClN3O4/c1-4-23-19(26)16-10-5-13(21)11-17(16)24(20(23)27)12(2)18(25)22-14-6-8-15(28-3)9-7-14/h5-12H,4H2,1-3H3,(H,22,25)/t12-/m0/s1. The van der Waals surface area contributed by atoms with E-state index in [9.17, 15) is 14.4 Å². The number of aromatic nitrogens is 2. The number of nitrogens with zero attached hydrogens (tertiary/aromatic N) is 2. The molecule has 1 atom stereocenters. The number of benzene rings is 2. The molecule has 0 spiro atoms. The van der Waals surface area contributed by atoms with Crippen molar-refractivity contribution in [2.75, 3.05) is 12.4 Å². The molecule has 0 aliphatic heterocycles. The number of halogens is 1. The molecule has 0 unspecified atom stereocenters. The number of hydrogen-bond acceptors (Lipinski definition) is 4. The van der Waals surface area contributed by atoms with Gasteiger partial charge in [-0.2, -0.15) is 0 Å². The molecule has 146 valence electrons. The lowest BCUT2D eigenvalue weighted by molar-refractivity contribution is -0.118. The largest absolute Gasteiger partial charge is 0.497 e. The van der Waals surface area contributed by atoms with Crippen molar-refractivity contribution in [3.8, 4) is 5.75 Å². The minimum Gasteiger partial charge on any atom is -0.497 e. The van der Waals surface area contributed by atoms with Gasteiger partial charge in [0.05, 0.1) is 18.0 Å². The normalized spacial score (nSPS) is 12.0. The highest BCUT2D eigenvalue weighted by atomic mass is 35.5. The van der Waals surface area contributed by atoms with Crippen LogP contribution in [0.1, 0.15) is 19.9 Å². The lowest BCUT2D eigenvalue weighted by Crippen LogP contribution is -2.43. The number of methoxy groups -OCH3 is 1. The molecular weight excluding hydrogens is 382 g/mol. The Balaban J connectivity index is 2.08. The van der Waals surface area contributed by atoms with Crippen molar-refractivity contribution in [3.05, 3.63) is 68.3 Å². The number of carbonyl (C=O) groups excluding carboxylic acids is 1. The summed E-state index contributed by atoms with van der Waals surface area (Å²) in [6.07, 6.45) is 0. The first kappa shape index (κ1) is 19.7. The van der Waals surface area contributed by atoms with Crippen LogP contribution in [0.5, 0.6) is 5.75 Å². The van der Waals surface area contributed by atoms with Crippen LogP contribution in [0.3, 0.4) is 0 Å². The van der Waals surface area contributed by atoms with Gasteiger partial charge >= 0.3 is 5.69 Å². The van der Waals surface area contributed by atoms with Gasteiger partial charge in [-0.3, -0.25) is 18.7 Å². The molecule has 0 aliphatic carbocycles. The quantitative estimate of drug-likeness (QED) is 0.712. The first-order valence-electron chi connectivity index (χ1n) is 8.77. The molecule has 0 saturated heterocycles. The van der Waals surface area contributed by atoms with Gasteiger partial charge in [0.1, 0.15) is 11.8 Å². The van der Waals surface area contributed by atoms with Crippen molar-refractivity contribution in [1.82, 2.24) is 9.13 Å². The molecule has 1 amide bonds. The fraction of sp³-hybridized carbons (Fsp3) is 0.250. The first-order chi connectivity index (χ1) is 13.4. The van der Waals surface area contributed by atoms with Crippen LogP contribution in [-0.4, -0.2) is 22.2 Å². The molecule has 2 aromatic carbocycles. The van der Waals surface area contributed by atoms with Gasteiger partial charge in [0.25, 0.3) is 5.56 Å². The van der Waals surface area contributed by atoms with Crippen LogP contribution in [0.2, 0.25) is 5.02 Å². The fourth-order valence-corrected chi connectivity index (χ4v) is 3.21. The summed E-state index contributed by atoms with van der Waals surface area (Å²) in [6, 6.07) is 10.7. The van der Waals surface area contributed by atoms with E-state index in [1.807, 2.05) is 0 Å². The van der Waals surface area contributed by atoms with E-state index in [4.69, 9.17) is 16.3 Å². The summed E-state index contributed by atoms with van der Waals surface area (Å²) in [5.74, 6) is 0.271. The lowest BCUT2D eigenvalue weighted by Gasteiger charge is -2.19. The number of hydrogen-bond donors (Lipinski definition) is 1. The van der Waals surface area contributed by atoms with E-state index in [1.54, 1.807) is 57.4 Å². The van der Waals surface area contributed by atoms with Crippen LogP contribution in [0.15, 0.2) is 52.1 Å². The molecule has 1 aromatic heterocycles. The smallest absolute Gasteiger partial charge is 0.332 e. The molecule has 0 aliphatic rings. The van der Waals surface area contributed by atoms with Crippen molar-refractivity contribution in [2.45, 2.75) is 26.4 Å². The number of fused-ring (bicyclic) bond motifs is 1. The second-order valence-electron chi connectivity index (χ2n) is 6.26. The zero-order valence-electron chi connectivity index (χ0n) is 15.7. The second kappa shape index (κ2) is 7.90. The zero-order chi connectivity index (χ0) is 20.4. The Labute approximate surface area is 166 Å². The summed E-state index contributed by atoms with van der Waals surface area (Å²) in [5.41, 5.74) is -0.0701. The Kier molecular flexibility index (Phi) is 5.56. The SMILES string of the molecule is CCn1c(=O)c2ccc(Cl)cc2n([C@@H](C)C(=O)Nc2ccc(OC)cc2)c1=O. The van der Waals surface area contributed by atoms with Gasteiger partial charge in [-0.25, -0.2) is 4.79 Å². The molecule has 0 bridgehead atoms. The summed E-state index contributed by atoms with van der Waals surface area (Å²) in [6.45, 7) is 3.51. The van der Waals surface area contributed by atoms with Crippen LogP contribution in [0.25, 0.3) is 10.9 Å². The van der Waals surface area contributed by atoms with Crippen molar-refractivity contribution in [3.63, 3.8) is 0 Å². The Hall–Kier alpha value is -3.06. The lowest BCUT2D eigenvalue weighted by atomic mass is 10.2. The minimum atomic E-state index is -0.867. The van der Waals surface area contributed by atoms with Crippen molar-refractivity contribution >= 4 is 34.1 Å². The number of ether oxygens (including phenoxy) is 1. The van der Waals surface area contributed by atoms with Crippen LogP contribution < -0.4 is 21.3 Å². The molecule has 28 heavy (non-hydrogen) atoms. The van der Waals surface area contributed by atoms with E-state index >= 15 is 0 Å². The van der Waals surface area contributed by atoms with E-state index in [2.05, 4.69) is 5.32 Å². The van der Waals surface area contributed by atoms with E-state index in [1.165, 1.54) is 10.6 Å². The third-order valence-electron chi connectivity index (χ3n) is 4.57. The molecule has 1 heterocycles. The highest BCUT2D eigenvalue weighted by molar-refractivity contribution is 6.31. The summed E-state index contributed by atoms with van der Waals surface area (Å²) < 4.78 is 7.50. The third-order valence-corrected chi connectivity index (χ3v) is 4.81. The van der Waals surface area contributed by atoms with Gasteiger partial charge in [-0.15, -0.1) is 0 Å². The Morgan fingerprint density at radius 1 is 1.18 bits per heavy atom. The van der Waals surface area contributed by atoms with Crippen LogP contribution in [-0.2, 0) is 11.3 Å². The maximum Gasteiger partial charge on any atom is 0.332 e. The molecule has 8 heteroatoms. The molecular formula is C20H20ClN3O4.